The van der Waals surface area contributed by atoms with Crippen molar-refractivity contribution in [3.05, 3.63) is 40.8 Å². The number of benzene rings is 1. The lowest BCUT2D eigenvalue weighted by molar-refractivity contribution is 0.136. The Balaban J connectivity index is 1.94. The van der Waals surface area contributed by atoms with Crippen molar-refractivity contribution in [1.82, 2.24) is 0 Å². The van der Waals surface area contributed by atoms with Crippen molar-refractivity contribution in [2.75, 3.05) is 11.9 Å². The summed E-state index contributed by atoms with van der Waals surface area (Å²) in [5.41, 5.74) is 2.10. The smallest absolute Gasteiger partial charge is 0.411 e. The van der Waals surface area contributed by atoms with Gasteiger partial charge in [0.25, 0.3) is 0 Å². The number of halogens is 1. The normalized spacial score (nSPS) is 12.0. The number of rotatable bonds is 9. The van der Waals surface area contributed by atoms with Crippen LogP contribution in [0, 0.1) is 11.7 Å². The number of anilines is 1. The molecule has 1 amide bonds. The van der Waals surface area contributed by atoms with Gasteiger partial charge in [-0.3, -0.25) is 5.32 Å². The van der Waals surface area contributed by atoms with E-state index in [1.807, 2.05) is 16.8 Å². The van der Waals surface area contributed by atoms with Gasteiger partial charge in [0.1, 0.15) is 5.82 Å². The van der Waals surface area contributed by atoms with E-state index in [2.05, 4.69) is 19.2 Å². The monoisotopic (exact) mass is 363 g/mol. The third kappa shape index (κ3) is 6.16. The highest BCUT2D eigenvalue weighted by molar-refractivity contribution is 7.08. The van der Waals surface area contributed by atoms with Gasteiger partial charge < -0.3 is 4.74 Å². The summed E-state index contributed by atoms with van der Waals surface area (Å²) < 4.78 is 19.0. The van der Waals surface area contributed by atoms with E-state index >= 15 is 0 Å². The Kier molecular flexibility index (Phi) is 7.92. The second kappa shape index (κ2) is 10.2. The van der Waals surface area contributed by atoms with E-state index in [-0.39, 0.29) is 5.82 Å². The van der Waals surface area contributed by atoms with Crippen LogP contribution in [0.15, 0.2) is 35.0 Å². The van der Waals surface area contributed by atoms with E-state index < -0.39 is 6.09 Å². The van der Waals surface area contributed by atoms with Gasteiger partial charge in [0.2, 0.25) is 0 Å². The first-order valence-corrected chi connectivity index (χ1v) is 9.84. The van der Waals surface area contributed by atoms with Gasteiger partial charge >= 0.3 is 6.09 Å². The van der Waals surface area contributed by atoms with E-state index in [1.165, 1.54) is 42.7 Å². The van der Waals surface area contributed by atoms with Crippen molar-refractivity contribution < 1.29 is 13.9 Å². The molecule has 136 valence electrons. The minimum Gasteiger partial charge on any atom is -0.449 e. The summed E-state index contributed by atoms with van der Waals surface area (Å²) in [4.78, 5) is 12.1. The van der Waals surface area contributed by atoms with Crippen molar-refractivity contribution in [2.24, 2.45) is 5.92 Å². The highest BCUT2D eigenvalue weighted by atomic mass is 32.1. The van der Waals surface area contributed by atoms with E-state index in [4.69, 9.17) is 4.74 Å². The Morgan fingerprint density at radius 3 is 2.80 bits per heavy atom. The summed E-state index contributed by atoms with van der Waals surface area (Å²) in [6, 6.07) is 6.24. The molecule has 0 spiro atoms. The van der Waals surface area contributed by atoms with Crippen LogP contribution in [0.4, 0.5) is 14.9 Å². The molecule has 1 heterocycles. The molecule has 2 aromatic rings. The molecule has 1 aromatic heterocycles. The minimum absolute atomic E-state index is 0.331. The number of ether oxygens (including phenoxy) is 1. The minimum atomic E-state index is -0.489. The highest BCUT2D eigenvalue weighted by Crippen LogP contribution is 2.30. The fourth-order valence-corrected chi connectivity index (χ4v) is 3.37. The molecule has 2 rings (SSSR count). The molecule has 0 aliphatic rings. The molecule has 1 N–H and O–H groups in total. The first-order chi connectivity index (χ1) is 12.1. The molecule has 1 atom stereocenters. The lowest BCUT2D eigenvalue weighted by atomic mass is 10.00. The summed E-state index contributed by atoms with van der Waals surface area (Å²) in [7, 11) is 0. The zero-order valence-electron chi connectivity index (χ0n) is 14.9. The first kappa shape index (κ1) is 19.4. The number of amides is 1. The lowest BCUT2D eigenvalue weighted by Gasteiger charge is -2.16. The number of unbranched alkanes of at least 4 members (excludes halogenated alkanes) is 2. The Labute approximate surface area is 153 Å². The second-order valence-corrected chi connectivity index (χ2v) is 6.98. The van der Waals surface area contributed by atoms with Gasteiger partial charge in [-0.25, -0.2) is 9.18 Å². The fourth-order valence-electron chi connectivity index (χ4n) is 2.71. The van der Waals surface area contributed by atoms with E-state index in [1.54, 1.807) is 6.07 Å². The Morgan fingerprint density at radius 1 is 1.28 bits per heavy atom. The van der Waals surface area contributed by atoms with Gasteiger partial charge in [0.15, 0.2) is 0 Å². The third-order valence-electron chi connectivity index (χ3n) is 4.29. The van der Waals surface area contributed by atoms with Crippen molar-refractivity contribution >= 4 is 23.1 Å². The van der Waals surface area contributed by atoms with Crippen LogP contribution in [0.2, 0.25) is 0 Å². The predicted molar refractivity (Wildman–Crippen MR) is 103 cm³/mol. The van der Waals surface area contributed by atoms with Crippen molar-refractivity contribution in [2.45, 2.75) is 46.0 Å². The molecular weight excluding hydrogens is 337 g/mol. The molecule has 1 unspecified atom stereocenters. The van der Waals surface area contributed by atoms with Crippen LogP contribution in [-0.4, -0.2) is 12.7 Å². The number of hydrogen-bond acceptors (Lipinski definition) is 3. The van der Waals surface area contributed by atoms with Gasteiger partial charge in [-0.1, -0.05) is 39.5 Å². The molecule has 5 heteroatoms. The van der Waals surface area contributed by atoms with Crippen molar-refractivity contribution in [3.63, 3.8) is 0 Å². The van der Waals surface area contributed by atoms with Crippen molar-refractivity contribution in [3.8, 4) is 11.1 Å². The van der Waals surface area contributed by atoms with E-state index in [0.717, 1.165) is 18.4 Å². The third-order valence-corrected chi connectivity index (χ3v) is 4.98. The fraction of sp³-hybridized carbons (Fsp3) is 0.450. The highest BCUT2D eigenvalue weighted by Gasteiger charge is 2.13. The molecular formula is C20H26FNO2S. The molecule has 0 aliphatic heterocycles. The molecule has 0 aliphatic carbocycles. The number of thiophene rings is 1. The van der Waals surface area contributed by atoms with Gasteiger partial charge in [-0.15, -0.1) is 0 Å². The molecule has 0 saturated carbocycles. The average molecular weight is 363 g/mol. The van der Waals surface area contributed by atoms with Gasteiger partial charge in [-0.05, 0) is 52.9 Å². The number of carbonyl (C=O) groups excluding carboxylic acids is 1. The molecule has 0 saturated heterocycles. The molecule has 1 aromatic carbocycles. The average Bonchev–Trinajstić information content (AvgIpc) is 3.14. The second-order valence-electron chi connectivity index (χ2n) is 6.20. The summed E-state index contributed by atoms with van der Waals surface area (Å²) in [5.74, 6) is 0.0592. The summed E-state index contributed by atoms with van der Waals surface area (Å²) in [5, 5.41) is 6.59. The predicted octanol–water partition coefficient (Wildman–Crippen LogP) is 6.71. The van der Waals surface area contributed by atoms with Gasteiger partial charge in [-0.2, -0.15) is 11.3 Å². The lowest BCUT2D eigenvalue weighted by Crippen LogP contribution is -2.19. The Bertz CT molecular complexity index is 658. The number of carbonyl (C=O) groups is 1. The molecule has 0 radical (unpaired) electrons. The molecule has 25 heavy (non-hydrogen) atoms. The maximum Gasteiger partial charge on any atom is 0.411 e. The number of nitrogens with one attached hydrogen (secondary N) is 1. The van der Waals surface area contributed by atoms with Crippen molar-refractivity contribution in [1.29, 1.82) is 0 Å². The largest absolute Gasteiger partial charge is 0.449 e. The summed E-state index contributed by atoms with van der Waals surface area (Å²) in [6.45, 7) is 4.71. The van der Waals surface area contributed by atoms with E-state index in [9.17, 15) is 9.18 Å². The van der Waals surface area contributed by atoms with Crippen LogP contribution in [0.25, 0.3) is 11.1 Å². The van der Waals surface area contributed by atoms with Gasteiger partial charge in [0, 0.05) is 5.56 Å². The quantitative estimate of drug-likeness (QED) is 0.503. The van der Waals surface area contributed by atoms with Crippen LogP contribution in [0.5, 0.6) is 0 Å². The summed E-state index contributed by atoms with van der Waals surface area (Å²) in [6.07, 6.45) is 5.15. The SMILES string of the molecule is CCCCCC(CC)COC(=O)Nc1ccc(F)cc1-c1ccsc1. The Hall–Kier alpha value is -1.88. The maximum atomic E-state index is 13.6. The van der Waals surface area contributed by atoms with Crippen LogP contribution in [0.1, 0.15) is 46.0 Å². The van der Waals surface area contributed by atoms with Crippen LogP contribution in [-0.2, 0) is 4.74 Å². The van der Waals surface area contributed by atoms with E-state index in [0.29, 0.717) is 23.8 Å². The van der Waals surface area contributed by atoms with Gasteiger partial charge in [0.05, 0.1) is 12.3 Å². The molecule has 3 nitrogen and oxygen atoms in total. The Morgan fingerprint density at radius 2 is 2.12 bits per heavy atom. The van der Waals surface area contributed by atoms with Crippen LogP contribution >= 0.6 is 11.3 Å². The zero-order valence-corrected chi connectivity index (χ0v) is 15.7. The standard InChI is InChI=1S/C20H26FNO2S/c1-3-5-6-7-15(4-2)13-24-20(23)22-19-9-8-17(21)12-18(19)16-10-11-25-14-16/h8-12,14-15H,3-7,13H2,1-2H3,(H,22,23). The molecule has 0 bridgehead atoms. The summed E-state index contributed by atoms with van der Waals surface area (Å²) >= 11 is 1.53. The maximum absolute atomic E-state index is 13.6. The van der Waals surface area contributed by atoms with Crippen LogP contribution in [0.3, 0.4) is 0 Å². The number of hydrogen-bond donors (Lipinski definition) is 1. The van der Waals surface area contributed by atoms with Crippen LogP contribution < -0.4 is 5.32 Å². The first-order valence-electron chi connectivity index (χ1n) is 8.89. The molecule has 0 fully saturated rings. The topological polar surface area (TPSA) is 38.3 Å². The zero-order chi connectivity index (χ0) is 18.1.